The summed E-state index contributed by atoms with van der Waals surface area (Å²) in [4.78, 5) is 4.65. The van der Waals surface area contributed by atoms with Crippen molar-refractivity contribution >= 4 is 18.1 Å². The highest BCUT2D eigenvalue weighted by Crippen LogP contribution is 2.24. The van der Waals surface area contributed by atoms with E-state index in [2.05, 4.69) is 23.2 Å². The molecular formula is C23H18ClNO. The molecule has 4 rings (SSSR count). The Balaban J connectivity index is 0.00000196. The first-order valence-electron chi connectivity index (χ1n) is 8.24. The number of rotatable bonds is 3. The topological polar surface area (TPSA) is 25.5 Å². The Bertz CT molecular complexity index is 965. The van der Waals surface area contributed by atoms with Crippen LogP contribution in [0.5, 0.6) is 0 Å². The molecule has 0 aliphatic rings. The molecule has 0 amide bonds. The summed E-state index contributed by atoms with van der Waals surface area (Å²) in [7, 11) is 0. The number of halogens is 1. The maximum Gasteiger partial charge on any atom is 0.220 e. The van der Waals surface area contributed by atoms with Gasteiger partial charge in [-0.15, -0.1) is 12.4 Å². The largest absolute Gasteiger partial charge is 0.438 e. The minimum absolute atomic E-state index is 0. The van der Waals surface area contributed by atoms with Gasteiger partial charge in [0, 0.05) is 11.6 Å². The fraction of sp³-hybridized carbons (Fsp3) is 0. The molecule has 1 heterocycles. The molecule has 0 fully saturated rings. The Morgan fingerprint density at radius 1 is 0.538 bits per heavy atom. The van der Waals surface area contributed by atoms with Crippen molar-refractivity contribution in [2.45, 2.75) is 0 Å². The highest BCUT2D eigenvalue weighted by atomic mass is 35.5. The van der Waals surface area contributed by atoms with Gasteiger partial charge in [-0.3, -0.25) is 0 Å². The maximum atomic E-state index is 6.06. The van der Waals surface area contributed by atoms with Crippen LogP contribution < -0.4 is 5.55 Å². The zero-order valence-electron chi connectivity index (χ0n) is 14.1. The van der Waals surface area contributed by atoms with Crippen molar-refractivity contribution in [3.05, 3.63) is 109 Å². The van der Waals surface area contributed by atoms with Gasteiger partial charge in [-0.1, -0.05) is 78.9 Å². The van der Waals surface area contributed by atoms with Crippen molar-refractivity contribution in [1.29, 1.82) is 0 Å². The van der Waals surface area contributed by atoms with Gasteiger partial charge in [0.2, 0.25) is 5.55 Å². The van der Waals surface area contributed by atoms with E-state index in [0.717, 1.165) is 28.1 Å². The van der Waals surface area contributed by atoms with Gasteiger partial charge >= 0.3 is 0 Å². The second kappa shape index (κ2) is 8.32. The molecule has 0 radical (unpaired) electrons. The Morgan fingerprint density at radius 3 is 1.69 bits per heavy atom. The predicted octanol–water partition coefficient (Wildman–Crippen LogP) is 6.27. The van der Waals surface area contributed by atoms with Crippen LogP contribution in [-0.4, -0.2) is 0 Å². The van der Waals surface area contributed by atoms with E-state index in [0.29, 0.717) is 5.55 Å². The lowest BCUT2D eigenvalue weighted by atomic mass is 10.0. The van der Waals surface area contributed by atoms with E-state index in [1.54, 1.807) is 0 Å². The molecule has 0 N–H and O–H groups in total. The second-order valence-corrected chi connectivity index (χ2v) is 5.73. The van der Waals surface area contributed by atoms with Crippen molar-refractivity contribution < 1.29 is 4.42 Å². The van der Waals surface area contributed by atoms with E-state index in [-0.39, 0.29) is 12.4 Å². The van der Waals surface area contributed by atoms with Crippen LogP contribution >= 0.6 is 12.4 Å². The quantitative estimate of drug-likeness (QED) is 0.423. The molecule has 3 aromatic carbocycles. The predicted molar refractivity (Wildman–Crippen MR) is 108 cm³/mol. The SMILES string of the molecule is Cl.c1ccc(N=c2cc(-c3ccccc3)cc(-c3ccccc3)o2)cc1. The molecule has 3 heteroatoms. The first-order valence-corrected chi connectivity index (χ1v) is 8.24. The Labute approximate surface area is 158 Å². The molecule has 2 nitrogen and oxygen atoms in total. The van der Waals surface area contributed by atoms with Gasteiger partial charge in [-0.05, 0) is 29.3 Å². The summed E-state index contributed by atoms with van der Waals surface area (Å²) < 4.78 is 6.06. The normalized spacial score (nSPS) is 11.0. The van der Waals surface area contributed by atoms with E-state index in [1.807, 2.05) is 84.9 Å². The third kappa shape index (κ3) is 4.11. The standard InChI is InChI=1S/C23H17NO.ClH/c1-4-10-18(11-5-1)20-16-22(19-12-6-2-7-13-19)25-23(17-20)24-21-14-8-3-9-15-21;/h1-17H;1H. The summed E-state index contributed by atoms with van der Waals surface area (Å²) >= 11 is 0. The Morgan fingerprint density at radius 2 is 1.08 bits per heavy atom. The van der Waals surface area contributed by atoms with Gasteiger partial charge in [0.1, 0.15) is 5.76 Å². The smallest absolute Gasteiger partial charge is 0.220 e. The summed E-state index contributed by atoms with van der Waals surface area (Å²) in [5.74, 6) is 0.802. The molecular weight excluding hydrogens is 342 g/mol. The van der Waals surface area contributed by atoms with E-state index in [1.165, 1.54) is 0 Å². The van der Waals surface area contributed by atoms with Gasteiger partial charge in [0.05, 0.1) is 5.69 Å². The van der Waals surface area contributed by atoms with Gasteiger partial charge < -0.3 is 4.42 Å². The fourth-order valence-corrected chi connectivity index (χ4v) is 2.71. The number of hydrogen-bond acceptors (Lipinski definition) is 2. The van der Waals surface area contributed by atoms with Crippen molar-refractivity contribution in [2.75, 3.05) is 0 Å². The average molecular weight is 360 g/mol. The van der Waals surface area contributed by atoms with Crippen LogP contribution in [0.4, 0.5) is 5.69 Å². The molecule has 0 spiro atoms. The van der Waals surface area contributed by atoms with Gasteiger partial charge in [0.25, 0.3) is 0 Å². The van der Waals surface area contributed by atoms with Crippen LogP contribution in [0.1, 0.15) is 0 Å². The maximum absolute atomic E-state index is 6.06. The average Bonchev–Trinajstić information content (AvgIpc) is 2.70. The molecule has 128 valence electrons. The third-order valence-electron chi connectivity index (χ3n) is 3.94. The van der Waals surface area contributed by atoms with Crippen molar-refractivity contribution in [3.8, 4) is 22.5 Å². The lowest BCUT2D eigenvalue weighted by Crippen LogP contribution is -2.01. The molecule has 26 heavy (non-hydrogen) atoms. The van der Waals surface area contributed by atoms with Crippen LogP contribution in [0.25, 0.3) is 22.5 Å². The third-order valence-corrected chi connectivity index (χ3v) is 3.94. The minimum atomic E-state index is 0. The zero-order valence-corrected chi connectivity index (χ0v) is 14.9. The minimum Gasteiger partial charge on any atom is -0.438 e. The lowest BCUT2D eigenvalue weighted by molar-refractivity contribution is 0.512. The van der Waals surface area contributed by atoms with Crippen molar-refractivity contribution in [1.82, 2.24) is 0 Å². The Hall–Kier alpha value is -3.10. The number of para-hydroxylation sites is 1. The summed E-state index contributed by atoms with van der Waals surface area (Å²) in [6.45, 7) is 0. The highest BCUT2D eigenvalue weighted by Gasteiger charge is 2.05. The summed E-state index contributed by atoms with van der Waals surface area (Å²) in [5, 5.41) is 0. The van der Waals surface area contributed by atoms with Crippen LogP contribution in [0, 0.1) is 0 Å². The number of benzene rings is 3. The molecule has 0 aliphatic heterocycles. The van der Waals surface area contributed by atoms with Gasteiger partial charge in [-0.2, -0.15) is 0 Å². The first-order chi connectivity index (χ1) is 12.4. The molecule has 0 atom stereocenters. The summed E-state index contributed by atoms with van der Waals surface area (Å²) in [6, 6.07) is 34.3. The van der Waals surface area contributed by atoms with Gasteiger partial charge in [0.15, 0.2) is 0 Å². The summed E-state index contributed by atoms with van der Waals surface area (Å²) in [6.07, 6.45) is 0. The van der Waals surface area contributed by atoms with E-state index < -0.39 is 0 Å². The van der Waals surface area contributed by atoms with Crippen molar-refractivity contribution in [3.63, 3.8) is 0 Å². The monoisotopic (exact) mass is 359 g/mol. The second-order valence-electron chi connectivity index (χ2n) is 5.73. The van der Waals surface area contributed by atoms with Gasteiger partial charge in [-0.25, -0.2) is 4.99 Å². The van der Waals surface area contributed by atoms with E-state index >= 15 is 0 Å². The van der Waals surface area contributed by atoms with Crippen LogP contribution in [0.2, 0.25) is 0 Å². The molecule has 0 saturated heterocycles. The molecule has 1 aromatic heterocycles. The number of hydrogen-bond donors (Lipinski definition) is 0. The van der Waals surface area contributed by atoms with Crippen LogP contribution in [0.3, 0.4) is 0 Å². The zero-order chi connectivity index (χ0) is 16.9. The van der Waals surface area contributed by atoms with E-state index in [4.69, 9.17) is 4.42 Å². The number of nitrogens with zero attached hydrogens (tertiary/aromatic N) is 1. The van der Waals surface area contributed by atoms with Crippen LogP contribution in [-0.2, 0) is 0 Å². The fourth-order valence-electron chi connectivity index (χ4n) is 2.71. The lowest BCUT2D eigenvalue weighted by Gasteiger charge is -2.06. The molecule has 0 aliphatic carbocycles. The first kappa shape index (κ1) is 17.7. The van der Waals surface area contributed by atoms with E-state index in [9.17, 15) is 0 Å². The molecule has 0 unspecified atom stereocenters. The molecule has 0 saturated carbocycles. The van der Waals surface area contributed by atoms with Crippen molar-refractivity contribution in [2.24, 2.45) is 4.99 Å². The molecule has 4 aromatic rings. The van der Waals surface area contributed by atoms with Crippen LogP contribution in [0.15, 0.2) is 113 Å². The highest BCUT2D eigenvalue weighted by molar-refractivity contribution is 5.85. The summed E-state index contributed by atoms with van der Waals surface area (Å²) in [5.41, 5.74) is 4.71. The molecule has 0 bridgehead atoms. The Kier molecular flexibility index (Phi) is 5.67.